The van der Waals surface area contributed by atoms with Crippen LogP contribution in [0.5, 0.6) is 0 Å². The molecule has 0 saturated heterocycles. The van der Waals surface area contributed by atoms with E-state index in [1.807, 2.05) is 6.92 Å². The lowest BCUT2D eigenvalue weighted by atomic mass is 9.97. The summed E-state index contributed by atoms with van der Waals surface area (Å²) < 4.78 is 30.7. The zero-order chi connectivity index (χ0) is 27.3. The van der Waals surface area contributed by atoms with Crippen molar-refractivity contribution < 1.29 is 37.4 Å². The summed E-state index contributed by atoms with van der Waals surface area (Å²) in [7, 11) is -2.48. The Labute approximate surface area is 213 Å². The van der Waals surface area contributed by atoms with Crippen LogP contribution >= 0.6 is 0 Å². The topological polar surface area (TPSA) is 156 Å². The minimum atomic E-state index is -3.79. The van der Waals surface area contributed by atoms with E-state index in [1.54, 1.807) is 19.1 Å². The maximum Gasteiger partial charge on any atom is 0.338 e. The number of carbonyl (C=O) groups excluding carboxylic acids is 3. The Balaban J connectivity index is 1.96. The number of ether oxygens (including phenoxy) is 1. The van der Waals surface area contributed by atoms with Gasteiger partial charge in [-0.1, -0.05) is 17.7 Å². The number of carboxylic acid groups (broad SMARTS) is 1. The van der Waals surface area contributed by atoms with Crippen molar-refractivity contribution in [2.45, 2.75) is 23.6 Å². The molecule has 11 heteroatoms. The molecule has 0 saturated carbocycles. The highest BCUT2D eigenvalue weighted by atomic mass is 32.2. The first-order chi connectivity index (χ1) is 17.5. The van der Waals surface area contributed by atoms with Crippen LogP contribution in [0.2, 0.25) is 0 Å². The number of esters is 1. The first-order valence-electron chi connectivity index (χ1n) is 11.0. The molecule has 0 aliphatic carbocycles. The molecule has 37 heavy (non-hydrogen) atoms. The summed E-state index contributed by atoms with van der Waals surface area (Å²) in [6, 6.07) is 13.6. The molecule has 0 unspecified atom stereocenters. The van der Waals surface area contributed by atoms with E-state index in [1.165, 1.54) is 43.4 Å². The highest BCUT2D eigenvalue weighted by Crippen LogP contribution is 2.24. The number of hydrogen-bond acceptors (Lipinski definition) is 7. The minimum Gasteiger partial charge on any atom is -0.478 e. The van der Waals surface area contributed by atoms with Crippen LogP contribution < -0.4 is 10.6 Å². The van der Waals surface area contributed by atoms with Gasteiger partial charge in [0.15, 0.2) is 0 Å². The molecule has 0 aromatic heterocycles. The van der Waals surface area contributed by atoms with Crippen molar-refractivity contribution in [2.24, 2.45) is 0 Å². The molecule has 0 radical (unpaired) electrons. The normalized spacial score (nSPS) is 10.9. The van der Waals surface area contributed by atoms with Gasteiger partial charge in [0.1, 0.15) is 0 Å². The van der Waals surface area contributed by atoms with Crippen molar-refractivity contribution in [2.75, 3.05) is 19.0 Å². The van der Waals surface area contributed by atoms with Gasteiger partial charge in [-0.05, 0) is 62.4 Å². The predicted molar refractivity (Wildman–Crippen MR) is 134 cm³/mol. The van der Waals surface area contributed by atoms with Crippen LogP contribution in [-0.4, -0.2) is 50.9 Å². The Morgan fingerprint density at radius 1 is 0.811 bits per heavy atom. The van der Waals surface area contributed by atoms with E-state index in [2.05, 4.69) is 10.6 Å². The third-order valence-corrected chi connectivity index (χ3v) is 7.14. The maximum absolute atomic E-state index is 13.0. The van der Waals surface area contributed by atoms with Crippen molar-refractivity contribution >= 4 is 39.3 Å². The average molecular weight is 525 g/mol. The Hall–Kier alpha value is -4.51. The first kappa shape index (κ1) is 27.1. The Morgan fingerprint density at radius 2 is 1.32 bits per heavy atom. The fourth-order valence-corrected chi connectivity index (χ4v) is 4.70. The number of aryl methyl sites for hydroxylation is 1. The molecular formula is C26H24N2O8S. The van der Waals surface area contributed by atoms with Gasteiger partial charge in [0.2, 0.25) is 9.84 Å². The number of nitrogens with one attached hydrogen (secondary N) is 2. The quantitative estimate of drug-likeness (QED) is 0.379. The van der Waals surface area contributed by atoms with Gasteiger partial charge in [-0.15, -0.1) is 0 Å². The van der Waals surface area contributed by atoms with Crippen molar-refractivity contribution in [1.82, 2.24) is 5.32 Å². The second-order valence-electron chi connectivity index (χ2n) is 7.84. The van der Waals surface area contributed by atoms with Crippen LogP contribution in [0.1, 0.15) is 53.9 Å². The highest BCUT2D eigenvalue weighted by Gasteiger charge is 2.26. The van der Waals surface area contributed by atoms with Crippen LogP contribution in [0.15, 0.2) is 70.5 Å². The Bertz CT molecular complexity index is 1480. The van der Waals surface area contributed by atoms with E-state index in [0.29, 0.717) is 0 Å². The lowest BCUT2D eigenvalue weighted by Gasteiger charge is -2.14. The third kappa shape index (κ3) is 5.84. The molecule has 192 valence electrons. The summed E-state index contributed by atoms with van der Waals surface area (Å²) in [5.74, 6) is -4.02. The fraction of sp³-hybridized carbons (Fsp3) is 0.154. The Kier molecular flexibility index (Phi) is 8.08. The fourth-order valence-electron chi connectivity index (χ4n) is 3.43. The van der Waals surface area contributed by atoms with Crippen LogP contribution in [0.4, 0.5) is 5.69 Å². The number of benzene rings is 3. The molecule has 3 rings (SSSR count). The third-order valence-electron chi connectivity index (χ3n) is 5.35. The van der Waals surface area contributed by atoms with Crippen molar-refractivity contribution in [3.8, 4) is 0 Å². The zero-order valence-electron chi connectivity index (χ0n) is 20.2. The van der Waals surface area contributed by atoms with Gasteiger partial charge >= 0.3 is 11.9 Å². The van der Waals surface area contributed by atoms with E-state index in [-0.39, 0.29) is 38.8 Å². The van der Waals surface area contributed by atoms with Crippen molar-refractivity contribution in [1.29, 1.82) is 0 Å². The molecule has 0 atom stereocenters. The number of carbonyl (C=O) groups is 4. The number of carboxylic acids is 1. The SMILES string of the molecule is CCOC(=O)c1cc(C(=O)Nc2ccc(S(=O)(=O)c3ccc(C)cc3)cc2)c(C(=O)O)cc1C(=O)NC. The summed E-state index contributed by atoms with van der Waals surface area (Å²) in [5, 5.41) is 14.5. The largest absolute Gasteiger partial charge is 0.478 e. The number of amides is 2. The average Bonchev–Trinajstić information content (AvgIpc) is 2.88. The van der Waals surface area contributed by atoms with Gasteiger partial charge in [-0.3, -0.25) is 9.59 Å². The summed E-state index contributed by atoms with van der Waals surface area (Å²) in [5.41, 5.74) is -0.358. The monoisotopic (exact) mass is 524 g/mol. The number of aromatic carboxylic acids is 1. The van der Waals surface area contributed by atoms with Crippen molar-refractivity contribution in [3.63, 3.8) is 0 Å². The van der Waals surface area contributed by atoms with Gasteiger partial charge in [-0.25, -0.2) is 18.0 Å². The van der Waals surface area contributed by atoms with E-state index in [4.69, 9.17) is 4.74 Å². The minimum absolute atomic E-state index is 0.0000975. The van der Waals surface area contributed by atoms with Gasteiger partial charge < -0.3 is 20.5 Å². The summed E-state index contributed by atoms with van der Waals surface area (Å²) in [6.07, 6.45) is 0. The molecule has 0 bridgehead atoms. The first-order valence-corrected chi connectivity index (χ1v) is 12.5. The smallest absolute Gasteiger partial charge is 0.338 e. The standard InChI is InChI=1S/C26H24N2O8S/c1-4-36-26(33)22-14-19(21(25(31)32)13-20(22)23(29)27-3)24(30)28-16-7-11-18(12-8-16)37(34,35)17-9-5-15(2)6-10-17/h5-14H,4H2,1-3H3,(H,27,29)(H,28,30)(H,31,32). The number of anilines is 1. The highest BCUT2D eigenvalue weighted by molar-refractivity contribution is 7.91. The van der Waals surface area contributed by atoms with Gasteiger partial charge in [-0.2, -0.15) is 0 Å². The summed E-state index contributed by atoms with van der Waals surface area (Å²) in [4.78, 5) is 49.7. The van der Waals surface area contributed by atoms with Gasteiger partial charge in [0, 0.05) is 12.7 Å². The van der Waals surface area contributed by atoms with E-state index in [0.717, 1.165) is 17.7 Å². The number of hydrogen-bond donors (Lipinski definition) is 3. The molecule has 3 aromatic rings. The van der Waals surface area contributed by atoms with Crippen LogP contribution in [0.25, 0.3) is 0 Å². The van der Waals surface area contributed by atoms with Crippen LogP contribution in [0.3, 0.4) is 0 Å². The maximum atomic E-state index is 13.0. The predicted octanol–water partition coefficient (Wildman–Crippen LogP) is 3.31. The molecular weight excluding hydrogens is 500 g/mol. The second kappa shape index (κ2) is 11.0. The van der Waals surface area contributed by atoms with Crippen LogP contribution in [-0.2, 0) is 14.6 Å². The Morgan fingerprint density at radius 3 is 1.84 bits per heavy atom. The molecule has 0 fully saturated rings. The molecule has 2 amide bonds. The van der Waals surface area contributed by atoms with E-state index >= 15 is 0 Å². The molecule has 10 nitrogen and oxygen atoms in total. The second-order valence-corrected chi connectivity index (χ2v) is 9.79. The van der Waals surface area contributed by atoms with Crippen molar-refractivity contribution in [3.05, 3.63) is 88.5 Å². The molecule has 0 aliphatic heterocycles. The number of sulfone groups is 1. The van der Waals surface area contributed by atoms with Gasteiger partial charge in [0.05, 0.1) is 38.7 Å². The van der Waals surface area contributed by atoms with E-state index < -0.39 is 39.2 Å². The lowest BCUT2D eigenvalue weighted by Crippen LogP contribution is -2.25. The summed E-state index contributed by atoms with van der Waals surface area (Å²) in [6.45, 7) is 3.39. The molecule has 0 heterocycles. The number of rotatable bonds is 8. The molecule has 3 aromatic carbocycles. The van der Waals surface area contributed by atoms with E-state index in [9.17, 15) is 32.7 Å². The molecule has 3 N–H and O–H groups in total. The molecule has 0 spiro atoms. The van der Waals surface area contributed by atoms with Crippen LogP contribution in [0, 0.1) is 6.92 Å². The van der Waals surface area contributed by atoms with Gasteiger partial charge in [0.25, 0.3) is 11.8 Å². The lowest BCUT2D eigenvalue weighted by molar-refractivity contribution is 0.0521. The summed E-state index contributed by atoms with van der Waals surface area (Å²) >= 11 is 0. The molecule has 0 aliphatic rings. The zero-order valence-corrected chi connectivity index (χ0v) is 21.0.